The Morgan fingerprint density at radius 2 is 1.81 bits per heavy atom. The number of ether oxygens (including phenoxy) is 1. The molecule has 1 atom stereocenters. The Balaban J connectivity index is 1.76. The number of carbonyl (C=O) groups is 2. The van der Waals surface area contributed by atoms with E-state index < -0.39 is 12.0 Å². The zero-order valence-electron chi connectivity index (χ0n) is 15.0. The number of nitrogens with one attached hydrogen (secondary N) is 1. The average molecular weight is 360 g/mol. The molecule has 5 nitrogen and oxygen atoms in total. The fraction of sp³-hybridized carbons (Fsp3) is 0.136. The maximum Gasteiger partial charge on any atom is 0.328 e. The van der Waals surface area contributed by atoms with Crippen LogP contribution in [0.15, 0.2) is 72.9 Å². The number of carbonyl (C=O) groups excluding carboxylic acids is 2. The van der Waals surface area contributed by atoms with E-state index in [1.165, 1.54) is 7.11 Å². The summed E-state index contributed by atoms with van der Waals surface area (Å²) in [5, 5.41) is 3.51. The number of hydrogen-bond acceptors (Lipinski definition) is 4. The molecule has 1 amide bonds. The SMILES string of the molecule is COC(=O)[C@@H](C/C=C/c1ccccc1)NC(=O)c1ccnc2ccccc12. The largest absolute Gasteiger partial charge is 0.467 e. The van der Waals surface area contributed by atoms with Gasteiger partial charge in [0.15, 0.2) is 0 Å². The van der Waals surface area contributed by atoms with Crippen molar-refractivity contribution in [2.24, 2.45) is 0 Å². The van der Waals surface area contributed by atoms with Crippen molar-refractivity contribution in [3.63, 3.8) is 0 Å². The predicted molar refractivity (Wildman–Crippen MR) is 105 cm³/mol. The summed E-state index contributed by atoms with van der Waals surface area (Å²) in [7, 11) is 1.31. The summed E-state index contributed by atoms with van der Waals surface area (Å²) in [5.41, 5.74) is 2.22. The molecule has 1 aromatic heterocycles. The van der Waals surface area contributed by atoms with Gasteiger partial charge in [-0.2, -0.15) is 0 Å². The quantitative estimate of drug-likeness (QED) is 0.682. The Labute approximate surface area is 157 Å². The first-order chi connectivity index (χ1) is 13.2. The molecule has 0 bridgehead atoms. The van der Waals surface area contributed by atoms with Gasteiger partial charge in [-0.25, -0.2) is 4.79 Å². The maximum absolute atomic E-state index is 12.8. The molecule has 136 valence electrons. The van der Waals surface area contributed by atoms with E-state index in [-0.39, 0.29) is 5.91 Å². The van der Waals surface area contributed by atoms with Crippen LogP contribution in [0.25, 0.3) is 17.0 Å². The van der Waals surface area contributed by atoms with Gasteiger partial charge in [-0.15, -0.1) is 0 Å². The number of rotatable bonds is 6. The van der Waals surface area contributed by atoms with E-state index in [1.807, 2.05) is 66.7 Å². The van der Waals surface area contributed by atoms with Gasteiger partial charge >= 0.3 is 5.97 Å². The van der Waals surface area contributed by atoms with Gasteiger partial charge < -0.3 is 10.1 Å². The smallest absolute Gasteiger partial charge is 0.328 e. The topological polar surface area (TPSA) is 68.3 Å². The molecule has 0 saturated carbocycles. The maximum atomic E-state index is 12.8. The highest BCUT2D eigenvalue weighted by atomic mass is 16.5. The molecule has 3 aromatic rings. The molecule has 5 heteroatoms. The van der Waals surface area contributed by atoms with Gasteiger partial charge in [0.1, 0.15) is 6.04 Å². The van der Waals surface area contributed by atoms with Gasteiger partial charge in [-0.05, 0) is 24.1 Å². The van der Waals surface area contributed by atoms with Crippen LogP contribution in [0.3, 0.4) is 0 Å². The normalized spacial score (nSPS) is 12.0. The van der Waals surface area contributed by atoms with Crippen LogP contribution >= 0.6 is 0 Å². The van der Waals surface area contributed by atoms with Crippen LogP contribution in [-0.2, 0) is 9.53 Å². The lowest BCUT2D eigenvalue weighted by atomic mass is 10.1. The lowest BCUT2D eigenvalue weighted by Crippen LogP contribution is -2.41. The summed E-state index contributed by atoms with van der Waals surface area (Å²) in [6.45, 7) is 0. The number of para-hydroxylation sites is 1. The van der Waals surface area contributed by atoms with Crippen molar-refractivity contribution in [1.29, 1.82) is 0 Å². The number of esters is 1. The van der Waals surface area contributed by atoms with E-state index in [0.717, 1.165) is 16.5 Å². The van der Waals surface area contributed by atoms with E-state index in [0.29, 0.717) is 12.0 Å². The molecule has 0 aliphatic carbocycles. The molecule has 1 N–H and O–H groups in total. The molecular formula is C22H20N2O3. The minimum absolute atomic E-state index is 0.330. The number of methoxy groups -OCH3 is 1. The summed E-state index contributed by atoms with van der Waals surface area (Å²) >= 11 is 0. The monoisotopic (exact) mass is 360 g/mol. The third-order valence-corrected chi connectivity index (χ3v) is 4.17. The molecule has 0 aliphatic rings. The highest BCUT2D eigenvalue weighted by Crippen LogP contribution is 2.16. The molecule has 1 heterocycles. The molecule has 2 aromatic carbocycles. The Morgan fingerprint density at radius 1 is 1.07 bits per heavy atom. The Morgan fingerprint density at radius 3 is 2.59 bits per heavy atom. The third-order valence-electron chi connectivity index (χ3n) is 4.17. The molecule has 0 unspecified atom stereocenters. The van der Waals surface area contributed by atoms with Gasteiger partial charge in [0.2, 0.25) is 0 Å². The lowest BCUT2D eigenvalue weighted by Gasteiger charge is -2.15. The lowest BCUT2D eigenvalue weighted by molar-refractivity contribution is -0.142. The number of amides is 1. The van der Waals surface area contributed by atoms with Crippen molar-refractivity contribution >= 4 is 28.9 Å². The summed E-state index contributed by atoms with van der Waals surface area (Å²) in [6, 6.07) is 18.0. The number of aromatic nitrogens is 1. The van der Waals surface area contributed by atoms with E-state index in [9.17, 15) is 9.59 Å². The van der Waals surface area contributed by atoms with Gasteiger partial charge in [0.05, 0.1) is 18.2 Å². The second-order valence-electron chi connectivity index (χ2n) is 5.97. The number of nitrogens with zero attached hydrogens (tertiary/aromatic N) is 1. The standard InChI is InChI=1S/C22H20N2O3/c1-27-22(26)20(13-7-10-16-8-3-2-4-9-16)24-21(25)18-14-15-23-19-12-6-5-11-17(18)19/h2-12,14-15,20H,13H2,1H3,(H,24,25)/b10-7+/t20-/m1/s1. The van der Waals surface area contributed by atoms with Crippen molar-refractivity contribution in [2.75, 3.05) is 7.11 Å². The van der Waals surface area contributed by atoms with Crippen LogP contribution in [0, 0.1) is 0 Å². The minimum Gasteiger partial charge on any atom is -0.467 e. The van der Waals surface area contributed by atoms with Gasteiger partial charge in [0.25, 0.3) is 5.91 Å². The van der Waals surface area contributed by atoms with Crippen LogP contribution in [0.5, 0.6) is 0 Å². The number of pyridine rings is 1. The predicted octanol–water partition coefficient (Wildman–Crippen LogP) is 3.61. The Bertz CT molecular complexity index is 962. The summed E-state index contributed by atoms with van der Waals surface area (Å²) in [4.78, 5) is 29.1. The first kappa shape index (κ1) is 18.3. The van der Waals surface area contributed by atoms with Gasteiger partial charge in [-0.3, -0.25) is 9.78 Å². The van der Waals surface area contributed by atoms with Gasteiger partial charge in [0, 0.05) is 11.6 Å². The zero-order valence-corrected chi connectivity index (χ0v) is 15.0. The molecule has 0 spiro atoms. The summed E-state index contributed by atoms with van der Waals surface area (Å²) in [6.07, 6.45) is 5.67. The molecule has 0 fully saturated rings. The highest BCUT2D eigenvalue weighted by Gasteiger charge is 2.22. The molecule has 0 saturated heterocycles. The van der Waals surface area contributed by atoms with Crippen molar-refractivity contribution < 1.29 is 14.3 Å². The van der Waals surface area contributed by atoms with Crippen LogP contribution in [-0.4, -0.2) is 30.0 Å². The number of benzene rings is 2. The summed E-state index contributed by atoms with van der Waals surface area (Å²) < 4.78 is 4.84. The zero-order chi connectivity index (χ0) is 19.1. The molecule has 3 rings (SSSR count). The number of fused-ring (bicyclic) bond motifs is 1. The van der Waals surface area contributed by atoms with E-state index >= 15 is 0 Å². The second-order valence-corrected chi connectivity index (χ2v) is 5.97. The average Bonchev–Trinajstić information content (AvgIpc) is 2.72. The van der Waals surface area contributed by atoms with Gasteiger partial charge in [-0.1, -0.05) is 60.7 Å². The summed E-state index contributed by atoms with van der Waals surface area (Å²) in [5.74, 6) is -0.823. The molecule has 27 heavy (non-hydrogen) atoms. The Kier molecular flexibility index (Phi) is 5.94. The van der Waals surface area contributed by atoms with Crippen LogP contribution in [0.1, 0.15) is 22.3 Å². The third kappa shape index (κ3) is 4.58. The van der Waals surface area contributed by atoms with E-state index in [4.69, 9.17) is 4.74 Å². The van der Waals surface area contributed by atoms with Crippen molar-refractivity contribution in [1.82, 2.24) is 10.3 Å². The minimum atomic E-state index is -0.769. The number of hydrogen-bond donors (Lipinski definition) is 1. The van der Waals surface area contributed by atoms with Crippen LogP contribution < -0.4 is 5.32 Å². The second kappa shape index (κ2) is 8.76. The molecule has 0 radical (unpaired) electrons. The van der Waals surface area contributed by atoms with E-state index in [1.54, 1.807) is 12.3 Å². The van der Waals surface area contributed by atoms with E-state index in [2.05, 4.69) is 10.3 Å². The molecule has 0 aliphatic heterocycles. The molecular weight excluding hydrogens is 340 g/mol. The fourth-order valence-electron chi connectivity index (χ4n) is 2.79. The Hall–Kier alpha value is -3.47. The first-order valence-electron chi connectivity index (χ1n) is 8.63. The van der Waals surface area contributed by atoms with Crippen LogP contribution in [0.4, 0.5) is 0 Å². The van der Waals surface area contributed by atoms with Crippen LogP contribution in [0.2, 0.25) is 0 Å². The van der Waals surface area contributed by atoms with Crippen molar-refractivity contribution in [2.45, 2.75) is 12.5 Å². The highest BCUT2D eigenvalue weighted by molar-refractivity contribution is 6.07. The first-order valence-corrected chi connectivity index (χ1v) is 8.63. The fourth-order valence-corrected chi connectivity index (χ4v) is 2.79. The van der Waals surface area contributed by atoms with Crippen molar-refractivity contribution in [3.05, 3.63) is 84.1 Å². The van der Waals surface area contributed by atoms with Crippen molar-refractivity contribution in [3.8, 4) is 0 Å².